The monoisotopic (exact) mass is 317 g/mol. The van der Waals surface area contributed by atoms with Gasteiger partial charge in [0.15, 0.2) is 5.75 Å². The van der Waals surface area contributed by atoms with Crippen molar-refractivity contribution in [3.05, 3.63) is 21.6 Å². The Hall–Kier alpha value is -0.410. The second-order valence-electron chi connectivity index (χ2n) is 4.54. The van der Waals surface area contributed by atoms with Gasteiger partial charge in [-0.3, -0.25) is 0 Å². The number of hydrogen-bond acceptors (Lipinski definition) is 2. The van der Waals surface area contributed by atoms with E-state index in [4.69, 9.17) is 22.1 Å². The molecule has 1 aromatic carbocycles. The third kappa shape index (κ3) is 3.52. The Morgan fingerprint density at radius 1 is 1.18 bits per heavy atom. The number of hydrogen-bond donors (Lipinski definition) is 1. The van der Waals surface area contributed by atoms with Crippen molar-refractivity contribution in [1.29, 1.82) is 0 Å². The van der Waals surface area contributed by atoms with E-state index in [9.17, 15) is 0 Å². The molecule has 0 heterocycles. The summed E-state index contributed by atoms with van der Waals surface area (Å²) < 4.78 is 6.86. The first-order valence-corrected chi connectivity index (χ1v) is 7.25. The van der Waals surface area contributed by atoms with Crippen LogP contribution in [0, 0.1) is 0 Å². The molecule has 0 aromatic heterocycles. The maximum absolute atomic E-state index is 6.02. The number of ether oxygens (including phenoxy) is 1. The van der Waals surface area contributed by atoms with Gasteiger partial charge in [-0.1, -0.05) is 24.4 Å². The zero-order chi connectivity index (χ0) is 12.3. The van der Waals surface area contributed by atoms with Crippen molar-refractivity contribution < 1.29 is 4.74 Å². The van der Waals surface area contributed by atoms with Crippen LogP contribution in [0.1, 0.15) is 38.5 Å². The highest BCUT2D eigenvalue weighted by Crippen LogP contribution is 2.36. The van der Waals surface area contributed by atoms with E-state index in [1.807, 2.05) is 6.07 Å². The van der Waals surface area contributed by atoms with Crippen LogP contribution in [0.3, 0.4) is 0 Å². The number of rotatable bonds is 2. The van der Waals surface area contributed by atoms with E-state index in [1.54, 1.807) is 6.07 Å². The summed E-state index contributed by atoms with van der Waals surface area (Å²) in [5.41, 5.74) is 6.54. The Kier molecular flexibility index (Phi) is 4.57. The van der Waals surface area contributed by atoms with Gasteiger partial charge in [-0.25, -0.2) is 0 Å². The molecule has 1 aromatic rings. The van der Waals surface area contributed by atoms with Crippen LogP contribution in [-0.4, -0.2) is 6.10 Å². The summed E-state index contributed by atoms with van der Waals surface area (Å²) in [6.07, 6.45) is 7.65. The third-order valence-electron chi connectivity index (χ3n) is 3.12. The molecule has 1 saturated carbocycles. The summed E-state index contributed by atoms with van der Waals surface area (Å²) in [7, 11) is 0. The lowest BCUT2D eigenvalue weighted by Crippen LogP contribution is -2.16. The van der Waals surface area contributed by atoms with Crippen LogP contribution in [0.15, 0.2) is 16.6 Å². The number of halogens is 2. The second-order valence-corrected chi connectivity index (χ2v) is 5.83. The van der Waals surface area contributed by atoms with Crippen molar-refractivity contribution in [1.82, 2.24) is 0 Å². The summed E-state index contributed by atoms with van der Waals surface area (Å²) in [5.74, 6) is 0.737. The lowest BCUT2D eigenvalue weighted by molar-refractivity contribution is 0.183. The fourth-order valence-electron chi connectivity index (χ4n) is 2.23. The quantitative estimate of drug-likeness (QED) is 0.629. The van der Waals surface area contributed by atoms with Crippen LogP contribution >= 0.6 is 27.5 Å². The molecule has 2 nitrogen and oxygen atoms in total. The molecule has 1 aliphatic rings. The topological polar surface area (TPSA) is 35.2 Å². The summed E-state index contributed by atoms with van der Waals surface area (Å²) in [6.45, 7) is 0. The summed E-state index contributed by atoms with van der Waals surface area (Å²) in [5, 5.41) is 0.627. The predicted octanol–water partition coefficient (Wildman–Crippen LogP) is 4.79. The molecule has 0 atom stereocenters. The fraction of sp³-hybridized carbons (Fsp3) is 0.538. The molecule has 0 spiro atoms. The van der Waals surface area contributed by atoms with Gasteiger partial charge in [0, 0.05) is 5.02 Å². The van der Waals surface area contributed by atoms with Gasteiger partial charge in [-0.05, 0) is 53.7 Å². The largest absolute Gasteiger partial charge is 0.487 e. The first kappa shape index (κ1) is 13.0. The molecule has 2 N–H and O–H groups in total. The van der Waals surface area contributed by atoms with Crippen LogP contribution in [-0.2, 0) is 0 Å². The molecule has 2 rings (SSSR count). The molecule has 94 valence electrons. The van der Waals surface area contributed by atoms with Crippen molar-refractivity contribution in [2.45, 2.75) is 44.6 Å². The van der Waals surface area contributed by atoms with E-state index in [-0.39, 0.29) is 6.10 Å². The summed E-state index contributed by atoms with van der Waals surface area (Å²) in [4.78, 5) is 0. The zero-order valence-electron chi connectivity index (χ0n) is 9.72. The number of anilines is 1. The standard InChI is InChI=1S/C13H17BrClNO/c14-11-7-9(15)8-12(16)13(11)17-10-5-3-1-2-4-6-10/h7-8,10H,1-6,16H2. The van der Waals surface area contributed by atoms with Crippen molar-refractivity contribution in [3.8, 4) is 5.75 Å². The van der Waals surface area contributed by atoms with Gasteiger partial charge in [0.2, 0.25) is 0 Å². The Balaban J connectivity index is 2.11. The van der Waals surface area contributed by atoms with Gasteiger partial charge >= 0.3 is 0 Å². The predicted molar refractivity (Wildman–Crippen MR) is 75.7 cm³/mol. The van der Waals surface area contributed by atoms with Gasteiger partial charge in [0.25, 0.3) is 0 Å². The molecule has 1 fully saturated rings. The minimum atomic E-state index is 0.289. The van der Waals surface area contributed by atoms with Crippen LogP contribution < -0.4 is 10.5 Å². The summed E-state index contributed by atoms with van der Waals surface area (Å²) >= 11 is 9.38. The number of benzene rings is 1. The van der Waals surface area contributed by atoms with E-state index < -0.39 is 0 Å². The van der Waals surface area contributed by atoms with Crippen molar-refractivity contribution in [3.63, 3.8) is 0 Å². The lowest BCUT2D eigenvalue weighted by Gasteiger charge is -2.19. The highest BCUT2D eigenvalue weighted by Gasteiger charge is 2.17. The molecule has 0 saturated heterocycles. The van der Waals surface area contributed by atoms with Crippen LogP contribution in [0.4, 0.5) is 5.69 Å². The molecule has 0 aliphatic heterocycles. The van der Waals surface area contributed by atoms with Crippen LogP contribution in [0.2, 0.25) is 5.02 Å². The van der Waals surface area contributed by atoms with E-state index in [0.29, 0.717) is 10.7 Å². The van der Waals surface area contributed by atoms with Gasteiger partial charge < -0.3 is 10.5 Å². The van der Waals surface area contributed by atoms with E-state index in [1.165, 1.54) is 25.7 Å². The molecule has 1 aliphatic carbocycles. The van der Waals surface area contributed by atoms with E-state index in [2.05, 4.69) is 15.9 Å². The number of nitrogen functional groups attached to an aromatic ring is 1. The zero-order valence-corrected chi connectivity index (χ0v) is 12.1. The summed E-state index contributed by atoms with van der Waals surface area (Å²) in [6, 6.07) is 3.56. The normalized spacial score (nSPS) is 17.8. The van der Waals surface area contributed by atoms with Gasteiger partial charge in [0.1, 0.15) is 0 Å². The van der Waals surface area contributed by atoms with Crippen LogP contribution in [0.25, 0.3) is 0 Å². The third-order valence-corrected chi connectivity index (χ3v) is 3.93. The van der Waals surface area contributed by atoms with Crippen molar-refractivity contribution in [2.24, 2.45) is 0 Å². The number of nitrogens with two attached hydrogens (primary N) is 1. The Bertz CT molecular complexity index is 366. The van der Waals surface area contributed by atoms with Gasteiger partial charge in [0.05, 0.1) is 16.3 Å². The Labute approximate surface area is 116 Å². The minimum Gasteiger partial charge on any atom is -0.487 e. The highest BCUT2D eigenvalue weighted by molar-refractivity contribution is 9.10. The molecule has 0 bridgehead atoms. The fourth-order valence-corrected chi connectivity index (χ4v) is 3.16. The Morgan fingerprint density at radius 3 is 2.41 bits per heavy atom. The lowest BCUT2D eigenvalue weighted by atomic mass is 10.1. The van der Waals surface area contributed by atoms with Crippen LogP contribution in [0.5, 0.6) is 5.75 Å². The highest BCUT2D eigenvalue weighted by atomic mass is 79.9. The first-order chi connectivity index (χ1) is 8.16. The molecular formula is C13H17BrClNO. The molecule has 4 heteroatoms. The maximum atomic E-state index is 6.02. The molecule has 0 unspecified atom stereocenters. The van der Waals surface area contributed by atoms with E-state index >= 15 is 0 Å². The maximum Gasteiger partial charge on any atom is 0.156 e. The molecule has 0 radical (unpaired) electrons. The molecular weight excluding hydrogens is 302 g/mol. The average molecular weight is 319 g/mol. The van der Waals surface area contributed by atoms with Crippen molar-refractivity contribution >= 4 is 33.2 Å². The second kappa shape index (κ2) is 5.96. The van der Waals surface area contributed by atoms with Gasteiger partial charge in [-0.15, -0.1) is 0 Å². The van der Waals surface area contributed by atoms with E-state index in [0.717, 1.165) is 23.1 Å². The average Bonchev–Trinajstić information content (AvgIpc) is 2.51. The first-order valence-electron chi connectivity index (χ1n) is 6.08. The smallest absolute Gasteiger partial charge is 0.156 e. The molecule has 0 amide bonds. The molecule has 17 heavy (non-hydrogen) atoms. The SMILES string of the molecule is Nc1cc(Cl)cc(Br)c1OC1CCCCCC1. The minimum absolute atomic E-state index is 0.289. The van der Waals surface area contributed by atoms with Crippen molar-refractivity contribution in [2.75, 3.05) is 5.73 Å². The Morgan fingerprint density at radius 2 is 1.82 bits per heavy atom. The van der Waals surface area contributed by atoms with Gasteiger partial charge in [-0.2, -0.15) is 0 Å².